The lowest BCUT2D eigenvalue weighted by molar-refractivity contribution is 0.264. The van der Waals surface area contributed by atoms with Crippen molar-refractivity contribution < 1.29 is 4.74 Å². The van der Waals surface area contributed by atoms with Crippen molar-refractivity contribution in [2.75, 3.05) is 6.61 Å². The highest BCUT2D eigenvalue weighted by molar-refractivity contribution is 14.1. The summed E-state index contributed by atoms with van der Waals surface area (Å²) in [5.74, 6) is 6.45. The minimum Gasteiger partial charge on any atom is -0.492 e. The topological polar surface area (TPSA) is 47.3 Å². The molecular weight excluding hydrogens is 351 g/mol. The number of ether oxygens (including phenoxy) is 1. The fourth-order valence-electron chi connectivity index (χ4n) is 1.78. The van der Waals surface area contributed by atoms with Gasteiger partial charge in [-0.3, -0.25) is 11.3 Å². The fraction of sp³-hybridized carbons (Fsp3) is 0.200. The number of nitrogens with two attached hydrogens (primary N) is 1. The first kappa shape index (κ1) is 14.3. The van der Waals surface area contributed by atoms with Gasteiger partial charge in [-0.15, -0.1) is 0 Å². The Kier molecular flexibility index (Phi) is 5.62. The molecule has 19 heavy (non-hydrogen) atoms. The van der Waals surface area contributed by atoms with Crippen LogP contribution in [-0.4, -0.2) is 12.6 Å². The molecule has 0 fully saturated rings. The van der Waals surface area contributed by atoms with Gasteiger partial charge in [0.1, 0.15) is 12.4 Å². The summed E-state index contributed by atoms with van der Waals surface area (Å²) in [6, 6.07) is 18.3. The molecule has 0 aliphatic heterocycles. The molecule has 0 amide bonds. The van der Waals surface area contributed by atoms with Crippen molar-refractivity contribution in [2.24, 2.45) is 5.84 Å². The third-order valence-corrected chi connectivity index (χ3v) is 3.54. The van der Waals surface area contributed by atoms with Gasteiger partial charge in [0.2, 0.25) is 0 Å². The van der Waals surface area contributed by atoms with Crippen LogP contribution in [-0.2, 0) is 6.42 Å². The molecule has 0 heterocycles. The van der Waals surface area contributed by atoms with Gasteiger partial charge in [0.15, 0.2) is 0 Å². The molecule has 0 bridgehead atoms. The van der Waals surface area contributed by atoms with Crippen LogP contribution in [0.5, 0.6) is 5.75 Å². The third-order valence-electron chi connectivity index (χ3n) is 2.83. The van der Waals surface area contributed by atoms with E-state index >= 15 is 0 Å². The van der Waals surface area contributed by atoms with Gasteiger partial charge in [-0.1, -0.05) is 30.3 Å². The fourth-order valence-corrected chi connectivity index (χ4v) is 2.14. The molecule has 1 atom stereocenters. The number of nitrogens with one attached hydrogen (secondary N) is 1. The second-order valence-corrected chi connectivity index (χ2v) is 5.56. The van der Waals surface area contributed by atoms with Crippen molar-refractivity contribution in [1.82, 2.24) is 5.43 Å². The lowest BCUT2D eigenvalue weighted by atomic mass is 10.1. The van der Waals surface area contributed by atoms with E-state index in [0.717, 1.165) is 12.2 Å². The van der Waals surface area contributed by atoms with E-state index in [1.165, 1.54) is 9.13 Å². The number of benzene rings is 2. The minimum atomic E-state index is 0.0975. The van der Waals surface area contributed by atoms with Gasteiger partial charge in [-0.25, -0.2) is 0 Å². The van der Waals surface area contributed by atoms with Gasteiger partial charge < -0.3 is 4.74 Å². The number of halogens is 1. The summed E-state index contributed by atoms with van der Waals surface area (Å²) in [5.41, 5.74) is 4.06. The Morgan fingerprint density at radius 3 is 2.37 bits per heavy atom. The second kappa shape index (κ2) is 7.47. The molecule has 3 nitrogen and oxygen atoms in total. The molecular formula is C15H17IN2O. The maximum absolute atomic E-state index is 5.71. The summed E-state index contributed by atoms with van der Waals surface area (Å²) >= 11 is 2.30. The Hall–Kier alpha value is -1.11. The van der Waals surface area contributed by atoms with Crippen LogP contribution in [0.25, 0.3) is 0 Å². The van der Waals surface area contributed by atoms with Crippen LogP contribution in [0.2, 0.25) is 0 Å². The highest BCUT2D eigenvalue weighted by Gasteiger charge is 2.08. The summed E-state index contributed by atoms with van der Waals surface area (Å²) in [5, 5.41) is 0. The molecule has 0 aromatic heterocycles. The molecule has 0 aliphatic carbocycles. The SMILES string of the molecule is NNC(COc1ccccc1)Cc1ccc(I)cc1. The normalized spacial score (nSPS) is 12.1. The third kappa shape index (κ3) is 4.81. The van der Waals surface area contributed by atoms with Gasteiger partial charge in [-0.2, -0.15) is 0 Å². The van der Waals surface area contributed by atoms with Crippen LogP contribution < -0.4 is 16.0 Å². The first-order chi connectivity index (χ1) is 9.28. The Morgan fingerprint density at radius 2 is 1.74 bits per heavy atom. The molecule has 0 aliphatic rings. The van der Waals surface area contributed by atoms with Crippen molar-refractivity contribution >= 4 is 22.6 Å². The lowest BCUT2D eigenvalue weighted by Crippen LogP contribution is -2.41. The van der Waals surface area contributed by atoms with Crippen LogP contribution >= 0.6 is 22.6 Å². The molecule has 0 radical (unpaired) electrons. The summed E-state index contributed by atoms with van der Waals surface area (Å²) < 4.78 is 6.95. The second-order valence-electron chi connectivity index (χ2n) is 4.32. The molecule has 2 aromatic carbocycles. The molecule has 0 spiro atoms. The number of rotatable bonds is 6. The Balaban J connectivity index is 1.88. The Labute approximate surface area is 127 Å². The van der Waals surface area contributed by atoms with Crippen molar-refractivity contribution in [1.29, 1.82) is 0 Å². The quantitative estimate of drug-likeness (QED) is 0.468. The lowest BCUT2D eigenvalue weighted by Gasteiger charge is -2.17. The zero-order valence-corrected chi connectivity index (χ0v) is 12.7. The average Bonchev–Trinajstić information content (AvgIpc) is 2.46. The van der Waals surface area contributed by atoms with E-state index in [1.54, 1.807) is 0 Å². The molecule has 0 saturated heterocycles. The van der Waals surface area contributed by atoms with Crippen LogP contribution in [0.15, 0.2) is 54.6 Å². The average molecular weight is 368 g/mol. The van der Waals surface area contributed by atoms with E-state index in [2.05, 4.69) is 52.3 Å². The standard InChI is InChI=1S/C15H17IN2O/c16-13-8-6-12(7-9-13)10-14(18-17)11-19-15-4-2-1-3-5-15/h1-9,14,18H,10-11,17H2. The van der Waals surface area contributed by atoms with E-state index in [0.29, 0.717) is 6.61 Å². The molecule has 2 aromatic rings. The predicted octanol–water partition coefficient (Wildman–Crippen LogP) is 2.74. The van der Waals surface area contributed by atoms with E-state index < -0.39 is 0 Å². The van der Waals surface area contributed by atoms with E-state index in [1.807, 2.05) is 30.3 Å². The van der Waals surface area contributed by atoms with Crippen LogP contribution in [0.3, 0.4) is 0 Å². The smallest absolute Gasteiger partial charge is 0.119 e. The zero-order chi connectivity index (χ0) is 13.5. The van der Waals surface area contributed by atoms with Crippen molar-refractivity contribution in [3.8, 4) is 5.75 Å². The van der Waals surface area contributed by atoms with Crippen LogP contribution in [0.1, 0.15) is 5.56 Å². The number of hydrogen-bond donors (Lipinski definition) is 2. The molecule has 3 N–H and O–H groups in total. The first-order valence-corrected chi connectivity index (χ1v) is 7.24. The monoisotopic (exact) mass is 368 g/mol. The number of hydrogen-bond acceptors (Lipinski definition) is 3. The molecule has 4 heteroatoms. The first-order valence-electron chi connectivity index (χ1n) is 6.16. The van der Waals surface area contributed by atoms with Crippen LogP contribution in [0.4, 0.5) is 0 Å². The number of hydrazine groups is 1. The maximum atomic E-state index is 5.71. The highest BCUT2D eigenvalue weighted by Crippen LogP contribution is 2.11. The zero-order valence-electron chi connectivity index (χ0n) is 10.6. The summed E-state index contributed by atoms with van der Waals surface area (Å²) in [6.45, 7) is 0.548. The molecule has 0 saturated carbocycles. The van der Waals surface area contributed by atoms with E-state index in [9.17, 15) is 0 Å². The van der Waals surface area contributed by atoms with Crippen molar-refractivity contribution in [3.05, 3.63) is 63.7 Å². The van der Waals surface area contributed by atoms with Gasteiger partial charge in [0, 0.05) is 3.57 Å². The molecule has 2 rings (SSSR count). The summed E-state index contributed by atoms with van der Waals surface area (Å²) in [7, 11) is 0. The largest absolute Gasteiger partial charge is 0.492 e. The Morgan fingerprint density at radius 1 is 1.05 bits per heavy atom. The molecule has 1 unspecified atom stereocenters. The maximum Gasteiger partial charge on any atom is 0.119 e. The van der Waals surface area contributed by atoms with E-state index in [-0.39, 0.29) is 6.04 Å². The van der Waals surface area contributed by atoms with Gasteiger partial charge in [0.05, 0.1) is 6.04 Å². The van der Waals surface area contributed by atoms with E-state index in [4.69, 9.17) is 10.6 Å². The van der Waals surface area contributed by atoms with Gasteiger partial charge in [-0.05, 0) is 58.8 Å². The summed E-state index contributed by atoms with van der Waals surface area (Å²) in [6.07, 6.45) is 0.847. The summed E-state index contributed by atoms with van der Waals surface area (Å²) in [4.78, 5) is 0. The van der Waals surface area contributed by atoms with Gasteiger partial charge >= 0.3 is 0 Å². The predicted molar refractivity (Wildman–Crippen MR) is 85.9 cm³/mol. The van der Waals surface area contributed by atoms with Gasteiger partial charge in [0.25, 0.3) is 0 Å². The highest BCUT2D eigenvalue weighted by atomic mass is 127. The minimum absolute atomic E-state index is 0.0975. The van der Waals surface area contributed by atoms with Crippen molar-refractivity contribution in [3.63, 3.8) is 0 Å². The Bertz CT molecular complexity index is 487. The van der Waals surface area contributed by atoms with Crippen LogP contribution in [0, 0.1) is 3.57 Å². The molecule has 100 valence electrons. The van der Waals surface area contributed by atoms with Crippen molar-refractivity contribution in [2.45, 2.75) is 12.5 Å². The number of para-hydroxylation sites is 1.